The van der Waals surface area contributed by atoms with Crippen molar-refractivity contribution in [2.75, 3.05) is 19.0 Å². The first-order valence-electron chi connectivity index (χ1n) is 8.82. The molecule has 0 bridgehead atoms. The zero-order chi connectivity index (χ0) is 19.9. The van der Waals surface area contributed by atoms with Crippen molar-refractivity contribution in [2.45, 2.75) is 13.0 Å². The SMILES string of the molecule is COc1ccccc1NC(=O)N(CCc1ccc(Cl)cc1Cl)Cc1ccc[nH]1. The van der Waals surface area contributed by atoms with Crippen LogP contribution < -0.4 is 10.1 Å². The van der Waals surface area contributed by atoms with Crippen molar-refractivity contribution in [1.29, 1.82) is 0 Å². The maximum atomic E-state index is 13.0. The van der Waals surface area contributed by atoms with Crippen molar-refractivity contribution in [2.24, 2.45) is 0 Å². The number of urea groups is 1. The summed E-state index contributed by atoms with van der Waals surface area (Å²) in [5, 5.41) is 4.11. The van der Waals surface area contributed by atoms with Gasteiger partial charge >= 0.3 is 6.03 Å². The lowest BCUT2D eigenvalue weighted by molar-refractivity contribution is 0.209. The van der Waals surface area contributed by atoms with Gasteiger partial charge in [0.1, 0.15) is 5.75 Å². The van der Waals surface area contributed by atoms with Crippen molar-refractivity contribution in [3.63, 3.8) is 0 Å². The molecule has 0 saturated heterocycles. The Hall–Kier alpha value is -2.63. The Balaban J connectivity index is 1.75. The number of methoxy groups -OCH3 is 1. The van der Waals surface area contributed by atoms with Gasteiger partial charge in [-0.05, 0) is 48.4 Å². The van der Waals surface area contributed by atoms with Gasteiger partial charge in [0.15, 0.2) is 0 Å². The predicted octanol–water partition coefficient (Wildman–Crippen LogP) is 5.61. The lowest BCUT2D eigenvalue weighted by atomic mass is 10.1. The van der Waals surface area contributed by atoms with Crippen LogP contribution in [0.15, 0.2) is 60.8 Å². The second-order valence-corrected chi connectivity index (χ2v) is 7.08. The van der Waals surface area contributed by atoms with E-state index in [4.69, 9.17) is 27.9 Å². The molecule has 146 valence electrons. The van der Waals surface area contributed by atoms with Crippen LogP contribution in [0, 0.1) is 0 Å². The molecule has 3 aromatic rings. The van der Waals surface area contributed by atoms with Crippen molar-refractivity contribution in [3.05, 3.63) is 82.1 Å². The number of ether oxygens (including phenoxy) is 1. The van der Waals surface area contributed by atoms with E-state index in [1.54, 1.807) is 36.3 Å². The number of aromatic nitrogens is 1. The second kappa shape index (κ2) is 9.53. The molecule has 1 aromatic heterocycles. The summed E-state index contributed by atoms with van der Waals surface area (Å²) in [6.45, 7) is 0.931. The number of rotatable bonds is 7. The Morgan fingerprint density at radius 2 is 1.96 bits per heavy atom. The van der Waals surface area contributed by atoms with Crippen LogP contribution in [0.1, 0.15) is 11.3 Å². The number of aromatic amines is 1. The van der Waals surface area contributed by atoms with E-state index < -0.39 is 0 Å². The number of anilines is 1. The van der Waals surface area contributed by atoms with E-state index in [9.17, 15) is 4.79 Å². The van der Waals surface area contributed by atoms with Crippen LogP contribution in [0.5, 0.6) is 5.75 Å². The fourth-order valence-corrected chi connectivity index (χ4v) is 3.35. The Kier molecular flexibility index (Phi) is 6.85. The first kappa shape index (κ1) is 20.1. The van der Waals surface area contributed by atoms with Gasteiger partial charge in [-0.3, -0.25) is 0 Å². The number of hydrogen-bond acceptors (Lipinski definition) is 2. The molecule has 0 aliphatic heterocycles. The molecule has 0 radical (unpaired) electrons. The van der Waals surface area contributed by atoms with E-state index in [-0.39, 0.29) is 6.03 Å². The van der Waals surface area contributed by atoms with Gasteiger partial charge in [-0.1, -0.05) is 41.4 Å². The summed E-state index contributed by atoms with van der Waals surface area (Å²) in [4.78, 5) is 17.8. The minimum atomic E-state index is -0.218. The Labute approximate surface area is 174 Å². The fourth-order valence-electron chi connectivity index (χ4n) is 2.85. The lowest BCUT2D eigenvalue weighted by Gasteiger charge is -2.23. The summed E-state index contributed by atoms with van der Waals surface area (Å²) >= 11 is 12.2. The monoisotopic (exact) mass is 417 g/mol. The smallest absolute Gasteiger partial charge is 0.322 e. The minimum Gasteiger partial charge on any atom is -0.495 e. The first-order chi connectivity index (χ1) is 13.6. The average molecular weight is 418 g/mol. The third-order valence-corrected chi connectivity index (χ3v) is 4.91. The zero-order valence-electron chi connectivity index (χ0n) is 15.4. The van der Waals surface area contributed by atoms with Crippen LogP contribution in [0.25, 0.3) is 0 Å². The third kappa shape index (κ3) is 5.21. The molecular formula is C21H21Cl2N3O2. The molecule has 0 spiro atoms. The van der Waals surface area contributed by atoms with E-state index in [0.29, 0.717) is 41.0 Å². The summed E-state index contributed by atoms with van der Waals surface area (Å²) in [6, 6.07) is 16.3. The molecule has 0 aliphatic rings. The summed E-state index contributed by atoms with van der Waals surface area (Å²) in [6.07, 6.45) is 2.44. The molecule has 7 heteroatoms. The highest BCUT2D eigenvalue weighted by molar-refractivity contribution is 6.35. The highest BCUT2D eigenvalue weighted by Gasteiger charge is 2.17. The lowest BCUT2D eigenvalue weighted by Crippen LogP contribution is -2.36. The molecule has 28 heavy (non-hydrogen) atoms. The molecule has 0 fully saturated rings. The van der Waals surface area contributed by atoms with Crippen molar-refractivity contribution in [3.8, 4) is 5.75 Å². The standard InChI is InChI=1S/C21H21Cl2N3O2/c1-28-20-7-3-2-6-19(20)25-21(27)26(14-17-5-4-11-24-17)12-10-15-8-9-16(22)13-18(15)23/h2-9,11,13,24H,10,12,14H2,1H3,(H,25,27). The number of para-hydroxylation sites is 2. The fraction of sp³-hybridized carbons (Fsp3) is 0.190. The van der Waals surface area contributed by atoms with Gasteiger partial charge in [0.2, 0.25) is 0 Å². The summed E-state index contributed by atoms with van der Waals surface area (Å²) in [7, 11) is 1.57. The van der Waals surface area contributed by atoms with Crippen molar-refractivity contribution in [1.82, 2.24) is 9.88 Å². The molecule has 5 nitrogen and oxygen atoms in total. The molecule has 1 heterocycles. The van der Waals surface area contributed by atoms with E-state index in [2.05, 4.69) is 10.3 Å². The molecule has 2 aromatic carbocycles. The molecule has 0 atom stereocenters. The van der Waals surface area contributed by atoms with Crippen LogP contribution in [0.4, 0.5) is 10.5 Å². The molecule has 2 amide bonds. The molecule has 3 rings (SSSR count). The van der Waals surface area contributed by atoms with Crippen LogP contribution in [0.3, 0.4) is 0 Å². The normalized spacial score (nSPS) is 10.5. The topological polar surface area (TPSA) is 57.4 Å². The van der Waals surface area contributed by atoms with Gasteiger partial charge in [-0.25, -0.2) is 4.79 Å². The van der Waals surface area contributed by atoms with Gasteiger partial charge in [0.05, 0.1) is 19.3 Å². The molecular weight excluding hydrogens is 397 g/mol. The molecule has 2 N–H and O–H groups in total. The van der Waals surface area contributed by atoms with Crippen LogP contribution in [-0.2, 0) is 13.0 Å². The van der Waals surface area contributed by atoms with Crippen LogP contribution in [0.2, 0.25) is 10.0 Å². The summed E-state index contributed by atoms with van der Waals surface area (Å²) in [5.74, 6) is 0.608. The van der Waals surface area contributed by atoms with Gasteiger partial charge in [-0.2, -0.15) is 0 Å². The number of halogens is 2. The highest BCUT2D eigenvalue weighted by atomic mass is 35.5. The Morgan fingerprint density at radius 3 is 2.68 bits per heavy atom. The van der Waals surface area contributed by atoms with E-state index in [1.165, 1.54) is 0 Å². The van der Waals surface area contributed by atoms with Gasteiger partial charge in [-0.15, -0.1) is 0 Å². The quantitative estimate of drug-likeness (QED) is 0.524. The van der Waals surface area contributed by atoms with Crippen LogP contribution >= 0.6 is 23.2 Å². The number of nitrogens with one attached hydrogen (secondary N) is 2. The van der Waals surface area contributed by atoms with Crippen LogP contribution in [-0.4, -0.2) is 29.6 Å². The van der Waals surface area contributed by atoms with E-state index in [1.807, 2.05) is 36.5 Å². The van der Waals surface area contributed by atoms with Gasteiger partial charge in [0, 0.05) is 28.5 Å². The molecule has 0 unspecified atom stereocenters. The minimum absolute atomic E-state index is 0.218. The maximum absolute atomic E-state index is 13.0. The van der Waals surface area contributed by atoms with E-state index >= 15 is 0 Å². The summed E-state index contributed by atoms with van der Waals surface area (Å²) < 4.78 is 5.32. The highest BCUT2D eigenvalue weighted by Crippen LogP contribution is 2.24. The maximum Gasteiger partial charge on any atom is 0.322 e. The summed E-state index contributed by atoms with van der Waals surface area (Å²) in [5.41, 5.74) is 2.50. The van der Waals surface area contributed by atoms with Gasteiger partial charge in [0.25, 0.3) is 0 Å². The number of benzene rings is 2. The van der Waals surface area contributed by atoms with E-state index in [0.717, 1.165) is 11.3 Å². The van der Waals surface area contributed by atoms with Crippen molar-refractivity contribution < 1.29 is 9.53 Å². The molecule has 0 saturated carbocycles. The second-order valence-electron chi connectivity index (χ2n) is 6.23. The zero-order valence-corrected chi connectivity index (χ0v) is 16.9. The number of hydrogen-bond donors (Lipinski definition) is 2. The Bertz CT molecular complexity index is 929. The number of nitrogens with zero attached hydrogens (tertiary/aromatic N) is 1. The first-order valence-corrected chi connectivity index (χ1v) is 9.57. The average Bonchev–Trinajstić information content (AvgIpc) is 3.20. The van der Waals surface area contributed by atoms with Crippen molar-refractivity contribution >= 4 is 34.9 Å². The number of amides is 2. The number of carbonyl (C=O) groups is 1. The number of carbonyl (C=O) groups excluding carboxylic acids is 1. The largest absolute Gasteiger partial charge is 0.495 e. The number of H-pyrrole nitrogens is 1. The third-order valence-electron chi connectivity index (χ3n) is 4.33. The van der Waals surface area contributed by atoms with Gasteiger partial charge < -0.3 is 19.9 Å². The predicted molar refractivity (Wildman–Crippen MR) is 113 cm³/mol. The Morgan fingerprint density at radius 1 is 1.14 bits per heavy atom. The molecule has 0 aliphatic carbocycles.